The van der Waals surface area contributed by atoms with E-state index < -0.39 is 23.8 Å². The topological polar surface area (TPSA) is 119 Å². The molecule has 1 heterocycles. The Labute approximate surface area is 196 Å². The Morgan fingerprint density at radius 2 is 1.97 bits per heavy atom. The highest BCUT2D eigenvalue weighted by molar-refractivity contribution is 6.34. The van der Waals surface area contributed by atoms with Gasteiger partial charge in [0.2, 0.25) is 11.8 Å². The third-order valence-corrected chi connectivity index (χ3v) is 5.31. The Balaban J connectivity index is 1.84. The summed E-state index contributed by atoms with van der Waals surface area (Å²) >= 11 is 6.33. The van der Waals surface area contributed by atoms with E-state index >= 15 is 0 Å². The summed E-state index contributed by atoms with van der Waals surface area (Å²) in [5, 5.41) is 21.0. The molecule has 0 aromatic heterocycles. The van der Waals surface area contributed by atoms with Crippen LogP contribution in [0.15, 0.2) is 42.5 Å². The molecule has 33 heavy (non-hydrogen) atoms. The maximum atomic E-state index is 13.4. The van der Waals surface area contributed by atoms with Crippen molar-refractivity contribution in [3.63, 3.8) is 0 Å². The minimum atomic E-state index is -0.701. The monoisotopic (exact) mass is 475 g/mol. The van der Waals surface area contributed by atoms with Crippen molar-refractivity contribution in [2.45, 2.75) is 19.6 Å². The first-order valence-electron chi connectivity index (χ1n) is 10.5. The number of carbonyl (C=O) groups is 3. The largest absolute Gasteiger partial charge is 0.491 e. The van der Waals surface area contributed by atoms with Gasteiger partial charge < -0.3 is 25.2 Å². The van der Waals surface area contributed by atoms with Crippen LogP contribution < -0.4 is 15.0 Å². The molecule has 10 heteroatoms. The number of hydrogen-bond donors (Lipinski definition) is 3. The van der Waals surface area contributed by atoms with Gasteiger partial charge in [-0.05, 0) is 36.8 Å². The van der Waals surface area contributed by atoms with Gasteiger partial charge in [-0.2, -0.15) is 0 Å². The summed E-state index contributed by atoms with van der Waals surface area (Å²) in [4.78, 5) is 41.3. The van der Waals surface area contributed by atoms with E-state index in [9.17, 15) is 19.5 Å². The van der Waals surface area contributed by atoms with Gasteiger partial charge in [-0.3, -0.25) is 19.3 Å². The number of aliphatic hydroxyl groups excluding tert-OH is 2. The number of nitrogens with one attached hydrogen (secondary N) is 1. The number of benzene rings is 2. The zero-order chi connectivity index (χ0) is 24.0. The summed E-state index contributed by atoms with van der Waals surface area (Å²) < 4.78 is 5.32. The number of anilines is 1. The number of hydrogen-bond acceptors (Lipinski definition) is 6. The van der Waals surface area contributed by atoms with Crippen LogP contribution in [0.2, 0.25) is 5.02 Å². The van der Waals surface area contributed by atoms with E-state index in [1.165, 1.54) is 21.9 Å². The van der Waals surface area contributed by atoms with Crippen LogP contribution in [0.1, 0.15) is 22.8 Å². The number of para-hydroxylation sites is 1. The first-order valence-corrected chi connectivity index (χ1v) is 10.8. The Bertz CT molecular complexity index is 1030. The number of amides is 3. The second-order valence-corrected chi connectivity index (χ2v) is 8.04. The summed E-state index contributed by atoms with van der Waals surface area (Å²) in [7, 11) is 0. The first kappa shape index (κ1) is 24.5. The molecule has 2 aromatic rings. The zero-order valence-corrected chi connectivity index (χ0v) is 18.9. The third-order valence-electron chi connectivity index (χ3n) is 4.99. The Kier molecular flexibility index (Phi) is 8.26. The van der Waals surface area contributed by atoms with Crippen molar-refractivity contribution >= 4 is 35.0 Å². The molecule has 2 aromatic carbocycles. The van der Waals surface area contributed by atoms with Crippen LogP contribution in [-0.2, 0) is 16.1 Å². The molecule has 0 bridgehead atoms. The molecule has 1 aliphatic heterocycles. The Morgan fingerprint density at radius 3 is 2.67 bits per heavy atom. The fourth-order valence-corrected chi connectivity index (χ4v) is 3.66. The lowest BCUT2D eigenvalue weighted by atomic mass is 10.1. The molecular formula is C23H26ClN3O6. The maximum absolute atomic E-state index is 13.4. The molecule has 1 unspecified atom stereocenters. The van der Waals surface area contributed by atoms with E-state index in [1.54, 1.807) is 37.3 Å². The molecule has 1 aliphatic rings. The number of halogens is 1. The Hall–Kier alpha value is -3.14. The number of rotatable bonds is 8. The Morgan fingerprint density at radius 1 is 1.21 bits per heavy atom. The SMILES string of the molecule is CC(O)CNC(=O)CN1Cc2ccccc2N(C(=O)c2ccc(OCCO)cc2Cl)CC1=O. The lowest BCUT2D eigenvalue weighted by Crippen LogP contribution is -2.45. The van der Waals surface area contributed by atoms with E-state index in [-0.39, 0.29) is 50.0 Å². The predicted octanol–water partition coefficient (Wildman–Crippen LogP) is 1.20. The number of nitrogens with zero attached hydrogens (tertiary/aromatic N) is 2. The van der Waals surface area contributed by atoms with Crippen LogP contribution in [0.25, 0.3) is 0 Å². The molecule has 0 aliphatic carbocycles. The molecule has 3 rings (SSSR count). The van der Waals surface area contributed by atoms with Crippen molar-refractivity contribution in [3.05, 3.63) is 58.6 Å². The van der Waals surface area contributed by atoms with E-state index in [0.29, 0.717) is 17.0 Å². The molecule has 1 atom stereocenters. The fourth-order valence-electron chi connectivity index (χ4n) is 3.41. The van der Waals surface area contributed by atoms with Gasteiger partial charge in [0.05, 0.1) is 29.8 Å². The van der Waals surface area contributed by atoms with Crippen molar-refractivity contribution in [1.82, 2.24) is 10.2 Å². The van der Waals surface area contributed by atoms with Gasteiger partial charge >= 0.3 is 0 Å². The average Bonchev–Trinajstić information content (AvgIpc) is 2.92. The van der Waals surface area contributed by atoms with Gasteiger partial charge in [0.1, 0.15) is 18.9 Å². The van der Waals surface area contributed by atoms with Crippen LogP contribution in [0.4, 0.5) is 5.69 Å². The summed E-state index contributed by atoms with van der Waals surface area (Å²) in [5.74, 6) is -0.851. The molecule has 0 saturated heterocycles. The molecule has 0 saturated carbocycles. The summed E-state index contributed by atoms with van der Waals surface area (Å²) in [6.07, 6.45) is -0.701. The fraction of sp³-hybridized carbons (Fsp3) is 0.348. The maximum Gasteiger partial charge on any atom is 0.260 e. The standard InChI is InChI=1S/C23H26ClN3O6/c1-15(29)11-25-21(30)13-26-12-16-4-2-3-5-20(16)27(14-22(26)31)23(32)18-7-6-17(10-19(18)24)33-9-8-28/h2-7,10,15,28-29H,8-9,11-14H2,1H3,(H,25,30). The number of ether oxygens (including phenoxy) is 1. The van der Waals surface area contributed by atoms with Crippen LogP contribution >= 0.6 is 11.6 Å². The van der Waals surface area contributed by atoms with Crippen LogP contribution in [0.5, 0.6) is 5.75 Å². The third kappa shape index (κ3) is 6.22. The highest BCUT2D eigenvalue weighted by atomic mass is 35.5. The van der Waals surface area contributed by atoms with Gasteiger partial charge in [-0.15, -0.1) is 0 Å². The van der Waals surface area contributed by atoms with Crippen molar-refractivity contribution in [1.29, 1.82) is 0 Å². The summed E-state index contributed by atoms with van der Waals surface area (Å²) in [5.41, 5.74) is 1.46. The molecular weight excluding hydrogens is 450 g/mol. The quantitative estimate of drug-likeness (QED) is 0.527. The van der Waals surface area contributed by atoms with Crippen molar-refractivity contribution < 1.29 is 29.3 Å². The zero-order valence-electron chi connectivity index (χ0n) is 18.2. The second kappa shape index (κ2) is 11.1. The second-order valence-electron chi connectivity index (χ2n) is 7.64. The molecule has 176 valence electrons. The molecule has 3 amide bonds. The van der Waals surface area contributed by atoms with Gasteiger partial charge in [0, 0.05) is 18.8 Å². The van der Waals surface area contributed by atoms with Gasteiger partial charge in [0.15, 0.2) is 0 Å². The van der Waals surface area contributed by atoms with Gasteiger partial charge in [0.25, 0.3) is 5.91 Å². The smallest absolute Gasteiger partial charge is 0.260 e. The first-order chi connectivity index (χ1) is 15.8. The van der Waals surface area contributed by atoms with E-state index in [2.05, 4.69) is 5.32 Å². The lowest BCUT2D eigenvalue weighted by molar-refractivity contribution is -0.135. The minimum absolute atomic E-state index is 0.0819. The number of carbonyl (C=O) groups excluding carboxylic acids is 3. The predicted molar refractivity (Wildman–Crippen MR) is 122 cm³/mol. The van der Waals surface area contributed by atoms with Crippen LogP contribution in [0.3, 0.4) is 0 Å². The summed E-state index contributed by atoms with van der Waals surface area (Å²) in [6, 6.07) is 11.7. The molecule has 0 radical (unpaired) electrons. The summed E-state index contributed by atoms with van der Waals surface area (Å²) in [6.45, 7) is 1.27. The molecule has 0 fully saturated rings. The molecule has 3 N–H and O–H groups in total. The molecule has 0 spiro atoms. The lowest BCUT2D eigenvalue weighted by Gasteiger charge is -2.23. The van der Waals surface area contributed by atoms with Gasteiger partial charge in [-0.1, -0.05) is 29.8 Å². The van der Waals surface area contributed by atoms with Crippen molar-refractivity contribution in [3.8, 4) is 5.75 Å². The van der Waals surface area contributed by atoms with E-state index in [4.69, 9.17) is 21.4 Å². The van der Waals surface area contributed by atoms with Crippen LogP contribution in [0, 0.1) is 0 Å². The van der Waals surface area contributed by atoms with Crippen molar-refractivity contribution in [2.75, 3.05) is 37.7 Å². The van der Waals surface area contributed by atoms with Crippen LogP contribution in [-0.4, -0.2) is 71.8 Å². The van der Waals surface area contributed by atoms with E-state index in [0.717, 1.165) is 0 Å². The van der Waals surface area contributed by atoms with Crippen molar-refractivity contribution in [2.24, 2.45) is 0 Å². The van der Waals surface area contributed by atoms with Gasteiger partial charge in [-0.25, -0.2) is 0 Å². The van der Waals surface area contributed by atoms with E-state index in [1.807, 2.05) is 0 Å². The average molecular weight is 476 g/mol. The molecule has 9 nitrogen and oxygen atoms in total. The highest BCUT2D eigenvalue weighted by Gasteiger charge is 2.31. The number of aliphatic hydroxyl groups is 2. The number of fused-ring (bicyclic) bond motifs is 1. The highest BCUT2D eigenvalue weighted by Crippen LogP contribution is 2.30. The minimum Gasteiger partial charge on any atom is -0.491 e. The normalized spacial score (nSPS) is 14.4.